The first-order valence-corrected chi connectivity index (χ1v) is 9.72. The van der Waals surface area contributed by atoms with Crippen molar-refractivity contribution in [3.05, 3.63) is 72.1 Å². The van der Waals surface area contributed by atoms with Crippen molar-refractivity contribution < 1.29 is 4.79 Å². The summed E-state index contributed by atoms with van der Waals surface area (Å²) in [7, 11) is 0. The minimum absolute atomic E-state index is 0.123. The summed E-state index contributed by atoms with van der Waals surface area (Å²) in [6.07, 6.45) is 2.74. The van der Waals surface area contributed by atoms with Crippen LogP contribution in [-0.4, -0.2) is 56.7 Å². The van der Waals surface area contributed by atoms with Crippen LogP contribution in [0, 0.1) is 6.92 Å². The molecule has 6 heteroatoms. The van der Waals surface area contributed by atoms with Crippen molar-refractivity contribution in [3.8, 4) is 11.4 Å². The largest absolute Gasteiger partial charge is 0.337 e. The van der Waals surface area contributed by atoms with Gasteiger partial charge in [-0.05, 0) is 25.5 Å². The van der Waals surface area contributed by atoms with E-state index in [2.05, 4.69) is 15.0 Å². The Kier molecular flexibility index (Phi) is 5.48. The van der Waals surface area contributed by atoms with Gasteiger partial charge in [0.05, 0.1) is 6.67 Å². The van der Waals surface area contributed by atoms with Crippen LogP contribution in [0.25, 0.3) is 11.4 Å². The number of carbonyl (C=O) groups excluding carboxylic acids is 1. The number of aromatic nitrogens is 3. The molecule has 0 atom stereocenters. The molecule has 4 rings (SSSR count). The number of benzene rings is 2. The maximum absolute atomic E-state index is 12.8. The van der Waals surface area contributed by atoms with Crippen molar-refractivity contribution in [2.75, 3.05) is 26.2 Å². The molecule has 0 unspecified atom stereocenters. The van der Waals surface area contributed by atoms with Crippen molar-refractivity contribution in [2.45, 2.75) is 20.0 Å². The molecular formula is C22H25N5O. The van der Waals surface area contributed by atoms with E-state index in [-0.39, 0.29) is 5.91 Å². The molecule has 6 nitrogen and oxygen atoms in total. The molecule has 0 bridgehead atoms. The van der Waals surface area contributed by atoms with E-state index in [1.54, 1.807) is 6.33 Å². The van der Waals surface area contributed by atoms with Crippen LogP contribution < -0.4 is 0 Å². The first-order valence-electron chi connectivity index (χ1n) is 9.72. The third-order valence-corrected chi connectivity index (χ3v) is 5.05. The highest BCUT2D eigenvalue weighted by molar-refractivity contribution is 5.94. The number of hydrogen-bond acceptors (Lipinski definition) is 4. The topological polar surface area (TPSA) is 54.3 Å². The second-order valence-electron chi connectivity index (χ2n) is 7.25. The molecule has 144 valence electrons. The first-order chi connectivity index (χ1) is 13.7. The third kappa shape index (κ3) is 4.28. The molecule has 0 N–H and O–H groups in total. The van der Waals surface area contributed by atoms with E-state index in [9.17, 15) is 4.79 Å². The summed E-state index contributed by atoms with van der Waals surface area (Å²) < 4.78 is 1.88. The summed E-state index contributed by atoms with van der Waals surface area (Å²) in [4.78, 5) is 21.5. The van der Waals surface area contributed by atoms with Crippen LogP contribution in [0.1, 0.15) is 22.3 Å². The maximum Gasteiger partial charge on any atom is 0.253 e. The molecule has 1 aliphatic rings. The molecule has 3 aromatic rings. The van der Waals surface area contributed by atoms with Crippen molar-refractivity contribution in [1.82, 2.24) is 24.6 Å². The summed E-state index contributed by atoms with van der Waals surface area (Å²) in [6, 6.07) is 17.8. The lowest BCUT2D eigenvalue weighted by molar-refractivity contribution is 0.0759. The summed E-state index contributed by atoms with van der Waals surface area (Å²) in [5.74, 6) is 0.865. The molecule has 28 heavy (non-hydrogen) atoms. The molecule has 0 spiro atoms. The Morgan fingerprint density at radius 2 is 1.86 bits per heavy atom. The van der Waals surface area contributed by atoms with Gasteiger partial charge in [0.15, 0.2) is 5.82 Å². The van der Waals surface area contributed by atoms with Gasteiger partial charge in [0.1, 0.15) is 6.33 Å². The number of rotatable bonds is 4. The number of hydrogen-bond donors (Lipinski definition) is 0. The second-order valence-corrected chi connectivity index (χ2v) is 7.25. The van der Waals surface area contributed by atoms with Gasteiger partial charge >= 0.3 is 0 Å². The van der Waals surface area contributed by atoms with E-state index in [0.717, 1.165) is 55.1 Å². The monoisotopic (exact) mass is 375 g/mol. The minimum atomic E-state index is 0.123. The fourth-order valence-corrected chi connectivity index (χ4v) is 3.56. The lowest BCUT2D eigenvalue weighted by Gasteiger charge is -2.22. The van der Waals surface area contributed by atoms with Crippen LogP contribution in [0.2, 0.25) is 0 Å². The van der Waals surface area contributed by atoms with E-state index in [0.29, 0.717) is 6.67 Å². The lowest BCUT2D eigenvalue weighted by atomic mass is 10.1. The Labute approximate surface area is 165 Å². The van der Waals surface area contributed by atoms with Crippen LogP contribution in [0.5, 0.6) is 0 Å². The SMILES string of the molecule is Cc1cccc(C(=O)N2CCCN(Cn3cnc(-c4ccccc4)n3)CC2)c1. The molecule has 1 aromatic heterocycles. The summed E-state index contributed by atoms with van der Waals surface area (Å²) in [5.41, 5.74) is 2.91. The molecule has 1 aliphatic heterocycles. The average Bonchev–Trinajstić information content (AvgIpc) is 3.06. The average molecular weight is 375 g/mol. The Bertz CT molecular complexity index is 937. The Morgan fingerprint density at radius 3 is 2.68 bits per heavy atom. The van der Waals surface area contributed by atoms with Crippen LogP contribution in [0.4, 0.5) is 0 Å². The molecule has 2 heterocycles. The Morgan fingerprint density at radius 1 is 1.00 bits per heavy atom. The molecule has 1 saturated heterocycles. The highest BCUT2D eigenvalue weighted by atomic mass is 16.2. The zero-order chi connectivity index (χ0) is 19.3. The van der Waals surface area contributed by atoms with Gasteiger partial charge in [-0.3, -0.25) is 9.69 Å². The van der Waals surface area contributed by atoms with Gasteiger partial charge in [-0.25, -0.2) is 9.67 Å². The normalized spacial score (nSPS) is 15.4. The minimum Gasteiger partial charge on any atom is -0.337 e. The fraction of sp³-hybridized carbons (Fsp3) is 0.318. The fourth-order valence-electron chi connectivity index (χ4n) is 3.56. The standard InChI is InChI=1S/C22H25N5O/c1-18-7-5-10-20(15-18)22(28)26-12-6-11-25(13-14-26)17-27-16-23-21(24-27)19-8-3-2-4-9-19/h2-5,7-10,15-16H,6,11-14,17H2,1H3. The molecule has 0 radical (unpaired) electrons. The van der Waals surface area contributed by atoms with Crippen molar-refractivity contribution in [3.63, 3.8) is 0 Å². The number of carbonyl (C=O) groups is 1. The zero-order valence-corrected chi connectivity index (χ0v) is 16.2. The van der Waals surface area contributed by atoms with E-state index in [1.807, 2.05) is 71.1 Å². The molecule has 0 saturated carbocycles. The first kappa shape index (κ1) is 18.4. The summed E-state index contributed by atoms with van der Waals surface area (Å²) in [5, 5.41) is 4.60. The van der Waals surface area contributed by atoms with E-state index in [4.69, 9.17) is 0 Å². The Hall–Kier alpha value is -2.99. The van der Waals surface area contributed by atoms with Crippen LogP contribution >= 0.6 is 0 Å². The lowest BCUT2D eigenvalue weighted by Crippen LogP contribution is -2.35. The van der Waals surface area contributed by atoms with Crippen LogP contribution in [0.15, 0.2) is 60.9 Å². The quantitative estimate of drug-likeness (QED) is 0.703. The highest BCUT2D eigenvalue weighted by Crippen LogP contribution is 2.14. The van der Waals surface area contributed by atoms with Gasteiger partial charge in [0.25, 0.3) is 5.91 Å². The molecule has 1 fully saturated rings. The van der Waals surface area contributed by atoms with Gasteiger partial charge in [0.2, 0.25) is 0 Å². The maximum atomic E-state index is 12.8. The summed E-state index contributed by atoms with van der Waals surface area (Å²) >= 11 is 0. The molecule has 2 aromatic carbocycles. The van der Waals surface area contributed by atoms with Gasteiger partial charge in [-0.2, -0.15) is 0 Å². The van der Waals surface area contributed by atoms with Gasteiger partial charge in [-0.15, -0.1) is 5.10 Å². The van der Waals surface area contributed by atoms with E-state index >= 15 is 0 Å². The molecule has 0 aliphatic carbocycles. The van der Waals surface area contributed by atoms with Crippen molar-refractivity contribution >= 4 is 5.91 Å². The zero-order valence-electron chi connectivity index (χ0n) is 16.2. The van der Waals surface area contributed by atoms with Crippen LogP contribution in [0.3, 0.4) is 0 Å². The molecule has 1 amide bonds. The third-order valence-electron chi connectivity index (χ3n) is 5.05. The van der Waals surface area contributed by atoms with E-state index in [1.165, 1.54) is 0 Å². The van der Waals surface area contributed by atoms with Crippen LogP contribution in [-0.2, 0) is 6.67 Å². The predicted molar refractivity (Wildman–Crippen MR) is 109 cm³/mol. The Balaban J connectivity index is 1.37. The number of amides is 1. The number of aryl methyl sites for hydroxylation is 1. The number of nitrogens with zero attached hydrogens (tertiary/aromatic N) is 5. The highest BCUT2D eigenvalue weighted by Gasteiger charge is 2.20. The van der Waals surface area contributed by atoms with Gasteiger partial charge in [0, 0.05) is 37.3 Å². The summed E-state index contributed by atoms with van der Waals surface area (Å²) in [6.45, 7) is 5.99. The van der Waals surface area contributed by atoms with Crippen molar-refractivity contribution in [1.29, 1.82) is 0 Å². The van der Waals surface area contributed by atoms with Crippen molar-refractivity contribution in [2.24, 2.45) is 0 Å². The molecular weight excluding hydrogens is 350 g/mol. The predicted octanol–water partition coefficient (Wildman–Crippen LogP) is 3.06. The smallest absolute Gasteiger partial charge is 0.253 e. The van der Waals surface area contributed by atoms with E-state index < -0.39 is 0 Å². The second kappa shape index (κ2) is 8.35. The van der Waals surface area contributed by atoms with Gasteiger partial charge in [-0.1, -0.05) is 48.0 Å². The van der Waals surface area contributed by atoms with Gasteiger partial charge < -0.3 is 4.90 Å².